The van der Waals surface area contributed by atoms with Gasteiger partial charge in [-0.3, -0.25) is 4.79 Å². The highest BCUT2D eigenvalue weighted by Gasteiger charge is 2.25. The first-order valence-corrected chi connectivity index (χ1v) is 9.27. The van der Waals surface area contributed by atoms with Gasteiger partial charge in [0.2, 0.25) is 0 Å². The fourth-order valence-electron chi connectivity index (χ4n) is 2.83. The van der Waals surface area contributed by atoms with Crippen LogP contribution in [0, 0.1) is 5.92 Å². The largest absolute Gasteiger partial charge is 0.349 e. The van der Waals surface area contributed by atoms with Crippen molar-refractivity contribution >= 4 is 49.1 Å². The third kappa shape index (κ3) is 4.05. The van der Waals surface area contributed by atoms with Crippen molar-refractivity contribution < 1.29 is 4.79 Å². The normalized spacial score (nSPS) is 18.3. The summed E-state index contributed by atoms with van der Waals surface area (Å²) in [5.41, 5.74) is 0.742. The number of rotatable bonds is 4. The minimum Gasteiger partial charge on any atom is -0.349 e. The van der Waals surface area contributed by atoms with Gasteiger partial charge in [0, 0.05) is 6.04 Å². The summed E-state index contributed by atoms with van der Waals surface area (Å²) in [6.45, 7) is 2.16. The van der Waals surface area contributed by atoms with Gasteiger partial charge in [0.25, 0.3) is 5.91 Å². The Balaban J connectivity index is 2.01. The highest BCUT2D eigenvalue weighted by molar-refractivity contribution is 9.12. The van der Waals surface area contributed by atoms with Gasteiger partial charge in [0.05, 0.1) is 13.1 Å². The van der Waals surface area contributed by atoms with E-state index in [0.717, 1.165) is 19.6 Å². The number of carbonyl (C=O) groups excluding carboxylic acids is 1. The van der Waals surface area contributed by atoms with Gasteiger partial charge in [-0.25, -0.2) is 0 Å². The summed E-state index contributed by atoms with van der Waals surface area (Å²) in [5, 5.41) is 3.22. The Morgan fingerprint density at radius 1 is 1.42 bits per heavy atom. The molecule has 1 fully saturated rings. The smallest absolute Gasteiger partial charge is 0.253 e. The van der Waals surface area contributed by atoms with E-state index in [9.17, 15) is 4.79 Å². The third-order valence-corrected chi connectivity index (χ3v) is 6.22. The van der Waals surface area contributed by atoms with Crippen molar-refractivity contribution in [2.24, 2.45) is 5.92 Å². The highest BCUT2D eigenvalue weighted by atomic mass is 79.9. The Hall–Kier alpha value is 0.130. The Labute approximate surface area is 135 Å². The van der Waals surface area contributed by atoms with E-state index in [-0.39, 0.29) is 5.91 Å². The van der Waals surface area contributed by atoms with Gasteiger partial charge >= 0.3 is 0 Å². The van der Waals surface area contributed by atoms with E-state index in [0.29, 0.717) is 12.0 Å². The standard InChI is InChI=1S/C14H19Br2NOS/c1-2-11(9-6-4-3-5-7-9)17-14(18)10-8-12(15)19-13(10)16/h8-9,11H,2-7H2,1H3,(H,17,18). The van der Waals surface area contributed by atoms with Gasteiger partial charge in [0.15, 0.2) is 0 Å². The SMILES string of the molecule is CCC(NC(=O)c1cc(Br)sc1Br)C1CCCCC1. The molecule has 1 aliphatic rings. The average Bonchev–Trinajstić information content (AvgIpc) is 2.76. The summed E-state index contributed by atoms with van der Waals surface area (Å²) in [6.07, 6.45) is 7.50. The van der Waals surface area contributed by atoms with Crippen LogP contribution in [0.4, 0.5) is 0 Å². The molecule has 1 aliphatic carbocycles. The van der Waals surface area contributed by atoms with Crippen molar-refractivity contribution in [2.45, 2.75) is 51.5 Å². The third-order valence-electron chi connectivity index (χ3n) is 3.88. The zero-order chi connectivity index (χ0) is 13.8. The van der Waals surface area contributed by atoms with E-state index in [4.69, 9.17) is 0 Å². The van der Waals surface area contributed by atoms with Crippen LogP contribution in [-0.4, -0.2) is 11.9 Å². The number of amides is 1. The van der Waals surface area contributed by atoms with Crippen LogP contribution in [0.2, 0.25) is 0 Å². The van der Waals surface area contributed by atoms with E-state index in [1.165, 1.54) is 32.1 Å². The molecule has 19 heavy (non-hydrogen) atoms. The van der Waals surface area contributed by atoms with Crippen molar-refractivity contribution in [2.75, 3.05) is 0 Å². The molecule has 0 bridgehead atoms. The fraction of sp³-hybridized carbons (Fsp3) is 0.643. The van der Waals surface area contributed by atoms with Crippen LogP contribution in [0.3, 0.4) is 0 Å². The summed E-state index contributed by atoms with van der Waals surface area (Å²) in [5.74, 6) is 0.704. The molecule has 1 unspecified atom stereocenters. The van der Waals surface area contributed by atoms with Gasteiger partial charge in [-0.05, 0) is 63.1 Å². The lowest BCUT2D eigenvalue weighted by Gasteiger charge is -2.30. The van der Waals surface area contributed by atoms with Crippen molar-refractivity contribution in [1.82, 2.24) is 5.32 Å². The molecule has 0 radical (unpaired) electrons. The van der Waals surface area contributed by atoms with Gasteiger partial charge in [-0.2, -0.15) is 0 Å². The molecule has 0 spiro atoms. The van der Waals surface area contributed by atoms with Crippen LogP contribution in [0.5, 0.6) is 0 Å². The predicted molar refractivity (Wildman–Crippen MR) is 87.8 cm³/mol. The van der Waals surface area contributed by atoms with E-state index in [2.05, 4.69) is 44.1 Å². The lowest BCUT2D eigenvalue weighted by Crippen LogP contribution is -2.40. The fourth-order valence-corrected chi connectivity index (χ4v) is 5.62. The van der Waals surface area contributed by atoms with E-state index >= 15 is 0 Å². The van der Waals surface area contributed by atoms with Crippen LogP contribution in [-0.2, 0) is 0 Å². The first-order valence-electron chi connectivity index (χ1n) is 6.87. The predicted octanol–water partition coefficient (Wildman–Crippen LogP) is 5.36. The van der Waals surface area contributed by atoms with Crippen LogP contribution in [0.15, 0.2) is 13.6 Å². The quantitative estimate of drug-likeness (QED) is 0.713. The molecule has 1 N–H and O–H groups in total. The van der Waals surface area contributed by atoms with Crippen molar-refractivity contribution in [3.8, 4) is 0 Å². The molecule has 1 aromatic rings. The summed E-state index contributed by atoms with van der Waals surface area (Å²) in [7, 11) is 0. The van der Waals surface area contributed by atoms with Gasteiger partial charge in [-0.15, -0.1) is 11.3 Å². The van der Waals surface area contributed by atoms with Crippen LogP contribution in [0.1, 0.15) is 55.8 Å². The van der Waals surface area contributed by atoms with Crippen LogP contribution in [0.25, 0.3) is 0 Å². The van der Waals surface area contributed by atoms with Crippen molar-refractivity contribution in [1.29, 1.82) is 0 Å². The number of carbonyl (C=O) groups is 1. The number of halogens is 2. The molecule has 1 atom stereocenters. The van der Waals surface area contributed by atoms with Crippen molar-refractivity contribution in [3.63, 3.8) is 0 Å². The molecule has 1 aromatic heterocycles. The molecule has 0 saturated heterocycles. The van der Waals surface area contributed by atoms with Gasteiger partial charge in [0.1, 0.15) is 0 Å². The summed E-state index contributed by atoms with van der Waals surface area (Å²) >= 11 is 8.41. The summed E-state index contributed by atoms with van der Waals surface area (Å²) in [4.78, 5) is 12.3. The molecular weight excluding hydrogens is 390 g/mol. The Morgan fingerprint density at radius 2 is 2.11 bits per heavy atom. The van der Waals surface area contributed by atoms with E-state index in [1.54, 1.807) is 11.3 Å². The number of thiophene rings is 1. The maximum absolute atomic E-state index is 12.3. The molecule has 2 nitrogen and oxygen atoms in total. The molecule has 106 valence electrons. The second-order valence-corrected chi connectivity index (χ2v) is 8.87. The minimum absolute atomic E-state index is 0.0475. The second kappa shape index (κ2) is 7.23. The summed E-state index contributed by atoms with van der Waals surface area (Å²) < 4.78 is 1.88. The monoisotopic (exact) mass is 407 g/mol. The molecule has 0 aliphatic heterocycles. The molecule has 0 aromatic carbocycles. The maximum atomic E-state index is 12.3. The molecule has 5 heteroatoms. The molecule has 1 heterocycles. The molecule has 1 amide bonds. The average molecular weight is 409 g/mol. The minimum atomic E-state index is 0.0475. The Kier molecular flexibility index (Phi) is 5.90. The van der Waals surface area contributed by atoms with Crippen LogP contribution < -0.4 is 5.32 Å². The molecule has 2 rings (SSSR count). The Morgan fingerprint density at radius 3 is 2.63 bits per heavy atom. The molecular formula is C14H19Br2NOS. The Bertz CT molecular complexity index is 441. The number of hydrogen-bond donors (Lipinski definition) is 1. The van der Waals surface area contributed by atoms with E-state index in [1.807, 2.05) is 6.07 Å². The van der Waals surface area contributed by atoms with Gasteiger partial charge < -0.3 is 5.32 Å². The van der Waals surface area contributed by atoms with Crippen molar-refractivity contribution in [3.05, 3.63) is 19.2 Å². The van der Waals surface area contributed by atoms with Crippen LogP contribution >= 0.6 is 43.2 Å². The molecule has 1 saturated carbocycles. The number of nitrogens with one attached hydrogen (secondary N) is 1. The van der Waals surface area contributed by atoms with Gasteiger partial charge in [-0.1, -0.05) is 26.2 Å². The lowest BCUT2D eigenvalue weighted by molar-refractivity contribution is 0.0911. The zero-order valence-corrected chi connectivity index (χ0v) is 15.0. The van der Waals surface area contributed by atoms with E-state index < -0.39 is 0 Å². The summed E-state index contributed by atoms with van der Waals surface area (Å²) in [6, 6.07) is 2.20. The zero-order valence-electron chi connectivity index (χ0n) is 11.0. The maximum Gasteiger partial charge on any atom is 0.253 e. The highest BCUT2D eigenvalue weighted by Crippen LogP contribution is 2.32. The number of hydrogen-bond acceptors (Lipinski definition) is 2. The topological polar surface area (TPSA) is 29.1 Å². The second-order valence-electron chi connectivity index (χ2n) is 5.12. The first-order chi connectivity index (χ1) is 9.11. The lowest BCUT2D eigenvalue weighted by atomic mass is 9.83. The first kappa shape index (κ1) is 15.5.